The molecule has 2 heterocycles. The molecule has 0 bridgehead atoms. The monoisotopic (exact) mass is 532 g/mol. The van der Waals surface area contributed by atoms with E-state index in [2.05, 4.69) is 46.5 Å². The molecule has 0 saturated carbocycles. The van der Waals surface area contributed by atoms with Gasteiger partial charge in [0.1, 0.15) is 5.82 Å². The first-order chi connectivity index (χ1) is 13.7. The largest absolute Gasteiger partial charge is 0.379 e. The van der Waals surface area contributed by atoms with E-state index in [0.29, 0.717) is 6.54 Å². The Hall–Kier alpha value is -1.23. The maximum absolute atomic E-state index is 13.1. The van der Waals surface area contributed by atoms with Gasteiger partial charge < -0.3 is 15.4 Å². The fourth-order valence-corrected chi connectivity index (χ4v) is 4.24. The van der Waals surface area contributed by atoms with E-state index in [-0.39, 0.29) is 35.8 Å². The molecule has 1 aromatic carbocycles. The number of guanidine groups is 1. The normalized spacial score (nSPS) is 16.2. The van der Waals surface area contributed by atoms with Crippen molar-refractivity contribution in [3.05, 3.63) is 57.5 Å². The molecule has 0 radical (unpaired) electrons. The Kier molecular flexibility index (Phi) is 10.3. The van der Waals surface area contributed by atoms with Gasteiger partial charge in [0.25, 0.3) is 0 Å². The number of hydrogen-bond donors (Lipinski definition) is 2. The summed E-state index contributed by atoms with van der Waals surface area (Å²) in [5.41, 5.74) is 0.984. The molecule has 1 fully saturated rings. The van der Waals surface area contributed by atoms with Crippen LogP contribution in [0.5, 0.6) is 0 Å². The third kappa shape index (κ3) is 7.51. The van der Waals surface area contributed by atoms with Gasteiger partial charge in [0.15, 0.2) is 5.96 Å². The van der Waals surface area contributed by atoms with E-state index in [1.165, 1.54) is 21.9 Å². The number of aryl methyl sites for hydroxylation is 1. The summed E-state index contributed by atoms with van der Waals surface area (Å²) in [6.07, 6.45) is 0. The zero-order valence-electron chi connectivity index (χ0n) is 17.0. The number of rotatable bonds is 7. The van der Waals surface area contributed by atoms with Crippen LogP contribution in [-0.4, -0.2) is 50.3 Å². The Morgan fingerprint density at radius 2 is 1.90 bits per heavy atom. The van der Waals surface area contributed by atoms with Gasteiger partial charge in [-0.3, -0.25) is 4.90 Å². The van der Waals surface area contributed by atoms with Crippen molar-refractivity contribution in [1.29, 1.82) is 0 Å². The molecule has 0 aliphatic carbocycles. The lowest BCUT2D eigenvalue weighted by molar-refractivity contribution is 0.0177. The van der Waals surface area contributed by atoms with Crippen LogP contribution in [0.4, 0.5) is 4.39 Å². The van der Waals surface area contributed by atoms with E-state index in [9.17, 15) is 4.39 Å². The van der Waals surface area contributed by atoms with Crippen LogP contribution in [0.2, 0.25) is 0 Å². The van der Waals surface area contributed by atoms with Crippen LogP contribution in [-0.2, 0) is 11.3 Å². The van der Waals surface area contributed by atoms with Crippen LogP contribution in [0.15, 0.2) is 41.4 Å². The molecular weight excluding hydrogens is 502 g/mol. The van der Waals surface area contributed by atoms with Crippen molar-refractivity contribution in [1.82, 2.24) is 15.5 Å². The zero-order valence-corrected chi connectivity index (χ0v) is 20.1. The molecule has 1 aromatic heterocycles. The number of thiophene rings is 1. The molecule has 2 aromatic rings. The molecule has 1 aliphatic heterocycles. The third-order valence-corrected chi connectivity index (χ3v) is 5.82. The standard InChI is InChI=1S/C21H29FN4OS.HI/c1-3-23-21(24-14-17-5-7-18(22)8-6-17)25-15-19(20-9-4-16(2)28-20)26-10-12-27-13-11-26;/h4-9,19H,3,10-15H2,1-2H3,(H2,23,24,25);1H. The number of hydrogen-bond acceptors (Lipinski definition) is 4. The highest BCUT2D eigenvalue weighted by atomic mass is 127. The van der Waals surface area contributed by atoms with Gasteiger partial charge in [-0.25, -0.2) is 9.38 Å². The first-order valence-electron chi connectivity index (χ1n) is 9.80. The molecule has 29 heavy (non-hydrogen) atoms. The minimum atomic E-state index is -0.225. The minimum absolute atomic E-state index is 0. The van der Waals surface area contributed by atoms with Gasteiger partial charge in [-0.1, -0.05) is 12.1 Å². The number of nitrogens with zero attached hydrogens (tertiary/aromatic N) is 2. The van der Waals surface area contributed by atoms with E-state index < -0.39 is 0 Å². The molecule has 1 atom stereocenters. The smallest absolute Gasteiger partial charge is 0.191 e. The number of morpholine rings is 1. The molecule has 3 rings (SSSR count). The van der Waals surface area contributed by atoms with E-state index in [4.69, 9.17) is 4.74 Å². The summed E-state index contributed by atoms with van der Waals surface area (Å²) >= 11 is 1.85. The van der Waals surface area contributed by atoms with Gasteiger partial charge in [-0.15, -0.1) is 35.3 Å². The zero-order chi connectivity index (χ0) is 19.8. The van der Waals surface area contributed by atoms with Crippen molar-refractivity contribution in [2.45, 2.75) is 26.4 Å². The maximum atomic E-state index is 13.1. The van der Waals surface area contributed by atoms with Crippen LogP contribution in [0, 0.1) is 12.7 Å². The third-order valence-electron chi connectivity index (χ3n) is 4.72. The van der Waals surface area contributed by atoms with Crippen molar-refractivity contribution < 1.29 is 9.13 Å². The van der Waals surface area contributed by atoms with Crippen molar-refractivity contribution >= 4 is 41.3 Å². The average Bonchev–Trinajstić information content (AvgIpc) is 3.14. The summed E-state index contributed by atoms with van der Waals surface area (Å²) in [5.74, 6) is 0.552. The number of ether oxygens (including phenoxy) is 1. The Morgan fingerprint density at radius 1 is 1.17 bits per heavy atom. The second-order valence-corrected chi connectivity index (χ2v) is 8.13. The first-order valence-corrected chi connectivity index (χ1v) is 10.6. The van der Waals surface area contributed by atoms with E-state index in [1.54, 1.807) is 12.1 Å². The second-order valence-electron chi connectivity index (χ2n) is 6.82. The van der Waals surface area contributed by atoms with Crippen molar-refractivity contribution in [2.75, 3.05) is 39.4 Å². The van der Waals surface area contributed by atoms with Crippen LogP contribution >= 0.6 is 35.3 Å². The SMILES string of the molecule is CCNC(=NCc1ccc(F)cc1)NCC(c1ccc(C)s1)N1CCOCC1.I. The highest BCUT2D eigenvalue weighted by molar-refractivity contribution is 14.0. The van der Waals surface area contributed by atoms with Crippen LogP contribution in [0.1, 0.15) is 28.3 Å². The molecule has 0 spiro atoms. The van der Waals surface area contributed by atoms with Gasteiger partial charge >= 0.3 is 0 Å². The Balaban J connectivity index is 0.00000300. The number of nitrogens with one attached hydrogen (secondary N) is 2. The number of benzene rings is 1. The van der Waals surface area contributed by atoms with E-state index in [0.717, 1.165) is 50.9 Å². The summed E-state index contributed by atoms with van der Waals surface area (Å²) < 4.78 is 18.6. The van der Waals surface area contributed by atoms with Crippen LogP contribution in [0.3, 0.4) is 0 Å². The Labute approximate surface area is 193 Å². The lowest BCUT2D eigenvalue weighted by Crippen LogP contribution is -2.46. The topological polar surface area (TPSA) is 48.9 Å². The second kappa shape index (κ2) is 12.5. The summed E-state index contributed by atoms with van der Waals surface area (Å²) in [7, 11) is 0. The van der Waals surface area contributed by atoms with E-state index in [1.807, 2.05) is 11.3 Å². The molecule has 5 nitrogen and oxygen atoms in total. The predicted octanol–water partition coefficient (Wildman–Crippen LogP) is 3.94. The Morgan fingerprint density at radius 3 is 2.52 bits per heavy atom. The summed E-state index contributed by atoms with van der Waals surface area (Å²) in [4.78, 5) is 9.83. The summed E-state index contributed by atoms with van der Waals surface area (Å²) in [6, 6.07) is 11.2. The van der Waals surface area contributed by atoms with Gasteiger partial charge in [0.2, 0.25) is 0 Å². The van der Waals surface area contributed by atoms with Gasteiger partial charge in [0.05, 0.1) is 25.8 Å². The number of aliphatic imine (C=N–C) groups is 1. The molecule has 160 valence electrons. The lowest BCUT2D eigenvalue weighted by Gasteiger charge is -2.34. The fourth-order valence-electron chi connectivity index (χ4n) is 3.23. The minimum Gasteiger partial charge on any atom is -0.379 e. The van der Waals surface area contributed by atoms with Crippen LogP contribution in [0.25, 0.3) is 0 Å². The predicted molar refractivity (Wildman–Crippen MR) is 129 cm³/mol. The highest BCUT2D eigenvalue weighted by Crippen LogP contribution is 2.27. The molecule has 1 aliphatic rings. The molecule has 1 saturated heterocycles. The summed E-state index contributed by atoms with van der Waals surface area (Å²) in [5, 5.41) is 6.80. The molecule has 0 amide bonds. The average molecular weight is 532 g/mol. The Bertz CT molecular complexity index is 762. The quantitative estimate of drug-likeness (QED) is 0.322. The van der Waals surface area contributed by atoms with E-state index >= 15 is 0 Å². The molecular formula is C21H30FIN4OS. The molecule has 8 heteroatoms. The fraction of sp³-hybridized carbons (Fsp3) is 0.476. The number of halogens is 2. The summed E-state index contributed by atoms with van der Waals surface area (Å²) in [6.45, 7) is 9.70. The van der Waals surface area contributed by atoms with Gasteiger partial charge in [-0.2, -0.15) is 0 Å². The van der Waals surface area contributed by atoms with Crippen molar-refractivity contribution in [3.63, 3.8) is 0 Å². The van der Waals surface area contributed by atoms with Crippen molar-refractivity contribution in [2.24, 2.45) is 4.99 Å². The van der Waals surface area contributed by atoms with Crippen LogP contribution < -0.4 is 10.6 Å². The molecule has 2 N–H and O–H groups in total. The first kappa shape index (κ1) is 24.0. The lowest BCUT2D eigenvalue weighted by atomic mass is 10.2. The maximum Gasteiger partial charge on any atom is 0.191 e. The highest BCUT2D eigenvalue weighted by Gasteiger charge is 2.24. The molecule has 1 unspecified atom stereocenters. The van der Waals surface area contributed by atoms with Crippen molar-refractivity contribution in [3.8, 4) is 0 Å². The van der Waals surface area contributed by atoms with Gasteiger partial charge in [0, 0.05) is 35.9 Å². The van der Waals surface area contributed by atoms with Gasteiger partial charge in [-0.05, 0) is 43.7 Å².